The van der Waals surface area contributed by atoms with E-state index in [0.29, 0.717) is 11.6 Å². The Morgan fingerprint density at radius 2 is 1.38 bits per heavy atom. The standard InChI is InChI=1S/C28H17N3OS.Pt/c1-2-8-20(9-3-1)31(27-10-4-6-16-29-27)21-12-14-25-23(18-21)24-19-22(13-15-26(24)33-25)32-28-11-5-7-17-30-28;/h1-17H;/q-2;+2. The number of pyridine rings is 2. The first kappa shape index (κ1) is 22.3. The molecule has 0 spiro atoms. The molecular weight excluding hydrogens is 621 g/mol. The fourth-order valence-electron chi connectivity index (χ4n) is 3.76. The van der Waals surface area contributed by atoms with E-state index in [1.165, 1.54) is 0 Å². The molecule has 4 nitrogen and oxygen atoms in total. The van der Waals surface area contributed by atoms with E-state index in [0.717, 1.165) is 37.4 Å². The van der Waals surface area contributed by atoms with Crippen molar-refractivity contribution in [1.82, 2.24) is 9.97 Å². The molecule has 0 bridgehead atoms. The van der Waals surface area contributed by atoms with Gasteiger partial charge < -0.3 is 9.64 Å². The van der Waals surface area contributed by atoms with Gasteiger partial charge in [-0.2, -0.15) is 6.07 Å². The molecule has 0 N–H and O–H groups in total. The summed E-state index contributed by atoms with van der Waals surface area (Å²) >= 11 is 1.72. The van der Waals surface area contributed by atoms with Crippen LogP contribution in [0.15, 0.2) is 103 Å². The summed E-state index contributed by atoms with van der Waals surface area (Å²) in [6.45, 7) is 0. The first-order valence-electron chi connectivity index (χ1n) is 10.5. The average molecular weight is 639 g/mol. The zero-order valence-electron chi connectivity index (χ0n) is 17.8. The van der Waals surface area contributed by atoms with Crippen LogP contribution in [0, 0.1) is 12.1 Å². The van der Waals surface area contributed by atoms with E-state index in [1.54, 1.807) is 23.7 Å². The quantitative estimate of drug-likeness (QED) is 0.182. The van der Waals surface area contributed by atoms with Crippen molar-refractivity contribution in [3.05, 3.63) is 116 Å². The number of thiophene rings is 1. The molecule has 3 aromatic carbocycles. The normalized spacial score (nSPS) is 10.7. The third-order valence-corrected chi connectivity index (χ3v) is 6.35. The van der Waals surface area contributed by atoms with Gasteiger partial charge in [0, 0.05) is 29.9 Å². The van der Waals surface area contributed by atoms with Gasteiger partial charge in [-0.3, -0.25) is 11.3 Å². The molecule has 0 aliphatic rings. The van der Waals surface area contributed by atoms with Crippen LogP contribution in [-0.4, -0.2) is 9.97 Å². The summed E-state index contributed by atoms with van der Waals surface area (Å²) in [7, 11) is 0. The monoisotopic (exact) mass is 638 g/mol. The van der Waals surface area contributed by atoms with Gasteiger partial charge in [0.15, 0.2) is 0 Å². The smallest absolute Gasteiger partial charge is 0.460 e. The Morgan fingerprint density at radius 1 is 0.676 bits per heavy atom. The maximum Gasteiger partial charge on any atom is 2.00 e. The first-order valence-corrected chi connectivity index (χ1v) is 11.3. The molecule has 0 aliphatic heterocycles. The van der Waals surface area contributed by atoms with Crippen LogP contribution in [0.25, 0.3) is 20.2 Å². The van der Waals surface area contributed by atoms with E-state index in [9.17, 15) is 0 Å². The molecule has 166 valence electrons. The van der Waals surface area contributed by atoms with Gasteiger partial charge in [0.25, 0.3) is 0 Å². The topological polar surface area (TPSA) is 38.2 Å². The molecule has 0 amide bonds. The van der Waals surface area contributed by atoms with Gasteiger partial charge in [-0.25, -0.2) is 20.7 Å². The van der Waals surface area contributed by atoms with Gasteiger partial charge in [-0.1, -0.05) is 30.3 Å². The summed E-state index contributed by atoms with van der Waals surface area (Å²) in [4.78, 5) is 11.0. The molecule has 0 fully saturated rings. The minimum atomic E-state index is 0. The largest absolute Gasteiger partial charge is 2.00 e. The minimum absolute atomic E-state index is 0. The van der Waals surface area contributed by atoms with Crippen LogP contribution in [-0.2, 0) is 21.1 Å². The average Bonchev–Trinajstić information content (AvgIpc) is 3.24. The number of nitrogens with zero attached hydrogens (tertiary/aromatic N) is 3. The van der Waals surface area contributed by atoms with Crippen LogP contribution in [0.3, 0.4) is 0 Å². The first-order chi connectivity index (χ1) is 16.3. The molecule has 3 heterocycles. The Balaban J connectivity index is 0.00000241. The minimum Gasteiger partial charge on any atom is -0.460 e. The molecule has 0 radical (unpaired) electrons. The van der Waals surface area contributed by atoms with Crippen LogP contribution in [0.5, 0.6) is 11.6 Å². The Labute approximate surface area is 215 Å². The Bertz CT molecular complexity index is 1500. The number of aromatic nitrogens is 2. The molecule has 6 rings (SSSR count). The van der Waals surface area contributed by atoms with Crippen molar-refractivity contribution in [2.45, 2.75) is 0 Å². The van der Waals surface area contributed by atoms with Crippen LogP contribution in [0.1, 0.15) is 0 Å². The van der Waals surface area contributed by atoms with Gasteiger partial charge in [0.2, 0.25) is 5.88 Å². The van der Waals surface area contributed by atoms with Crippen molar-refractivity contribution < 1.29 is 25.8 Å². The number of benzene rings is 3. The molecule has 6 heteroatoms. The fraction of sp³-hybridized carbons (Fsp3) is 0. The van der Waals surface area contributed by atoms with Crippen LogP contribution < -0.4 is 9.64 Å². The molecule has 0 aliphatic carbocycles. The fourth-order valence-corrected chi connectivity index (χ4v) is 4.78. The summed E-state index contributed by atoms with van der Waals surface area (Å²) in [6.07, 6.45) is 3.52. The SMILES string of the molecule is [Pt+2].[c-]1c(Oc2ccccn2)ccc2sc3ccc(N(c4ccccc4)c4ccccn4)[c-]c3c12. The molecule has 0 atom stereocenters. The van der Waals surface area contributed by atoms with Crippen molar-refractivity contribution in [1.29, 1.82) is 0 Å². The van der Waals surface area contributed by atoms with Crippen molar-refractivity contribution >= 4 is 48.7 Å². The molecule has 0 saturated heterocycles. The van der Waals surface area contributed by atoms with Crippen molar-refractivity contribution in [2.24, 2.45) is 0 Å². The summed E-state index contributed by atoms with van der Waals surface area (Å²) < 4.78 is 8.21. The summed E-state index contributed by atoms with van der Waals surface area (Å²) in [6, 6.07) is 37.0. The number of hydrogen-bond donors (Lipinski definition) is 0. The van der Waals surface area contributed by atoms with E-state index in [1.807, 2.05) is 60.7 Å². The van der Waals surface area contributed by atoms with Gasteiger partial charge in [-0.05, 0) is 36.0 Å². The molecule has 6 aromatic rings. The number of hydrogen-bond acceptors (Lipinski definition) is 5. The van der Waals surface area contributed by atoms with Crippen LogP contribution in [0.2, 0.25) is 0 Å². The Kier molecular flexibility index (Phi) is 6.39. The van der Waals surface area contributed by atoms with E-state index < -0.39 is 0 Å². The summed E-state index contributed by atoms with van der Waals surface area (Å²) in [5.74, 6) is 2.01. The maximum atomic E-state index is 5.92. The predicted octanol–water partition coefficient (Wildman–Crippen LogP) is 7.70. The third kappa shape index (κ3) is 4.33. The number of fused-ring (bicyclic) bond motifs is 3. The summed E-state index contributed by atoms with van der Waals surface area (Å²) in [5.41, 5.74) is 1.94. The third-order valence-electron chi connectivity index (χ3n) is 5.23. The Hall–Kier alpha value is -3.53. The molecule has 3 aromatic heterocycles. The molecular formula is C28H17N3OPtS. The van der Waals surface area contributed by atoms with Gasteiger partial charge in [0.05, 0.1) is 0 Å². The molecule has 34 heavy (non-hydrogen) atoms. The number of rotatable bonds is 5. The van der Waals surface area contributed by atoms with Gasteiger partial charge in [-0.15, -0.1) is 39.7 Å². The second kappa shape index (κ2) is 9.76. The molecule has 0 unspecified atom stereocenters. The second-order valence-electron chi connectivity index (χ2n) is 7.38. The van der Waals surface area contributed by atoms with Crippen LogP contribution in [0.4, 0.5) is 17.2 Å². The number of ether oxygens (including phenoxy) is 1. The summed E-state index contributed by atoms with van der Waals surface area (Å²) in [5, 5.41) is 2.00. The molecule has 0 saturated carbocycles. The van der Waals surface area contributed by atoms with Crippen molar-refractivity contribution in [3.8, 4) is 11.6 Å². The van der Waals surface area contributed by atoms with Crippen LogP contribution >= 0.6 is 11.3 Å². The van der Waals surface area contributed by atoms with Gasteiger partial charge in [0.1, 0.15) is 5.82 Å². The zero-order valence-corrected chi connectivity index (χ0v) is 20.9. The van der Waals surface area contributed by atoms with E-state index >= 15 is 0 Å². The predicted molar refractivity (Wildman–Crippen MR) is 134 cm³/mol. The van der Waals surface area contributed by atoms with Crippen molar-refractivity contribution in [3.63, 3.8) is 0 Å². The van der Waals surface area contributed by atoms with E-state index in [-0.39, 0.29) is 21.1 Å². The van der Waals surface area contributed by atoms with E-state index in [4.69, 9.17) is 4.74 Å². The zero-order chi connectivity index (χ0) is 22.0. The second-order valence-corrected chi connectivity index (χ2v) is 8.46. The number of para-hydroxylation sites is 1. The number of anilines is 3. The maximum absolute atomic E-state index is 5.92. The van der Waals surface area contributed by atoms with E-state index in [2.05, 4.69) is 57.3 Å². The Morgan fingerprint density at radius 3 is 2.12 bits per heavy atom. The van der Waals surface area contributed by atoms with Crippen molar-refractivity contribution in [2.75, 3.05) is 4.90 Å². The van der Waals surface area contributed by atoms with Gasteiger partial charge >= 0.3 is 21.1 Å².